The van der Waals surface area contributed by atoms with Crippen molar-refractivity contribution in [1.82, 2.24) is 9.88 Å². The molecule has 1 aromatic heterocycles. The van der Waals surface area contributed by atoms with E-state index < -0.39 is 41.2 Å². The number of rotatable bonds is 4. The highest BCUT2D eigenvalue weighted by molar-refractivity contribution is 6.39. The molecule has 1 fully saturated rings. The highest BCUT2D eigenvalue weighted by Gasteiger charge is 2.33. The monoisotopic (exact) mass is 434 g/mol. The Bertz CT molecular complexity index is 1010. The largest absolute Gasteiger partial charge is 0.366 e. The molecule has 0 saturated carbocycles. The minimum atomic E-state index is -1.56. The van der Waals surface area contributed by atoms with Crippen molar-refractivity contribution in [2.45, 2.75) is 32.2 Å². The molecular weight excluding hydrogens is 413 g/mol. The first kappa shape index (κ1) is 22.3. The molecule has 0 bridgehead atoms. The van der Waals surface area contributed by atoms with E-state index in [-0.39, 0.29) is 35.7 Å². The van der Waals surface area contributed by atoms with Crippen LogP contribution < -0.4 is 11.1 Å². The van der Waals surface area contributed by atoms with Crippen LogP contribution in [0.1, 0.15) is 35.7 Å². The van der Waals surface area contributed by atoms with Crippen LogP contribution in [0.25, 0.3) is 0 Å². The third kappa shape index (κ3) is 5.19. The number of primary amides is 1. The highest BCUT2D eigenvalue weighted by atomic mass is 19.2. The molecular formula is C21H21F3N4O3. The molecule has 3 rings (SSSR count). The van der Waals surface area contributed by atoms with Gasteiger partial charge in [0.25, 0.3) is 0 Å². The average molecular weight is 434 g/mol. The summed E-state index contributed by atoms with van der Waals surface area (Å²) >= 11 is 0. The van der Waals surface area contributed by atoms with Gasteiger partial charge in [-0.1, -0.05) is 6.92 Å². The number of aromatic nitrogens is 1. The van der Waals surface area contributed by atoms with E-state index in [4.69, 9.17) is 5.73 Å². The van der Waals surface area contributed by atoms with Gasteiger partial charge in [-0.05, 0) is 48.9 Å². The zero-order valence-corrected chi connectivity index (χ0v) is 16.7. The smallest absolute Gasteiger partial charge is 0.313 e. The van der Waals surface area contributed by atoms with E-state index in [2.05, 4.69) is 10.3 Å². The molecule has 1 aromatic carbocycles. The Morgan fingerprint density at radius 1 is 1.13 bits per heavy atom. The van der Waals surface area contributed by atoms with Gasteiger partial charge in [0.1, 0.15) is 0 Å². The minimum Gasteiger partial charge on any atom is -0.366 e. The highest BCUT2D eigenvalue weighted by Crippen LogP contribution is 2.26. The lowest BCUT2D eigenvalue weighted by atomic mass is 9.90. The molecule has 0 radical (unpaired) electrons. The number of pyridine rings is 1. The van der Waals surface area contributed by atoms with Crippen LogP contribution >= 0.6 is 0 Å². The van der Waals surface area contributed by atoms with Crippen LogP contribution in [0.2, 0.25) is 0 Å². The fraction of sp³-hybridized carbons (Fsp3) is 0.333. The summed E-state index contributed by atoms with van der Waals surface area (Å²) in [6.07, 6.45) is 3.83. The Morgan fingerprint density at radius 2 is 1.81 bits per heavy atom. The van der Waals surface area contributed by atoms with Crippen LogP contribution in [0.5, 0.6) is 0 Å². The maximum atomic E-state index is 13.6. The zero-order valence-electron chi connectivity index (χ0n) is 16.7. The topological polar surface area (TPSA) is 105 Å². The summed E-state index contributed by atoms with van der Waals surface area (Å²) in [6, 6.07) is 2.58. The van der Waals surface area contributed by atoms with E-state index in [1.165, 1.54) is 23.4 Å². The average Bonchev–Trinajstić information content (AvgIpc) is 2.72. The lowest BCUT2D eigenvalue weighted by Crippen LogP contribution is -2.51. The number of nitrogens with two attached hydrogens (primary N) is 1. The second-order valence-corrected chi connectivity index (χ2v) is 7.65. The fourth-order valence-electron chi connectivity index (χ4n) is 3.63. The lowest BCUT2D eigenvalue weighted by molar-refractivity contribution is -0.146. The van der Waals surface area contributed by atoms with Gasteiger partial charge in [-0.2, -0.15) is 0 Å². The molecule has 3 N–H and O–H groups in total. The standard InChI is InChI=1S/C21H21F3N4O3/c1-11-2-3-15(4-12-5-16(22)18(24)17(23)6-12)28(10-11)21(31)20(30)27-14-7-13(19(25)29)8-26-9-14/h5-9,11,15H,2-4,10H2,1H3,(H2,25,29)(H,27,30)/t11-,15+/m0/s1. The Kier molecular flexibility index (Phi) is 6.57. The van der Waals surface area contributed by atoms with E-state index in [1.54, 1.807) is 0 Å². The summed E-state index contributed by atoms with van der Waals surface area (Å²) in [5.74, 6) is -6.57. The number of piperidine rings is 1. The summed E-state index contributed by atoms with van der Waals surface area (Å²) in [4.78, 5) is 41.8. The van der Waals surface area contributed by atoms with Crippen molar-refractivity contribution in [2.24, 2.45) is 11.7 Å². The van der Waals surface area contributed by atoms with Gasteiger partial charge < -0.3 is 16.0 Å². The van der Waals surface area contributed by atoms with Gasteiger partial charge in [0, 0.05) is 18.8 Å². The molecule has 2 aromatic rings. The van der Waals surface area contributed by atoms with Gasteiger partial charge in [0.15, 0.2) is 17.5 Å². The van der Waals surface area contributed by atoms with E-state index >= 15 is 0 Å². The summed E-state index contributed by atoms with van der Waals surface area (Å²) in [6.45, 7) is 2.20. The van der Waals surface area contributed by atoms with Crippen molar-refractivity contribution in [3.8, 4) is 0 Å². The molecule has 3 amide bonds. The molecule has 2 heterocycles. The normalized spacial score (nSPS) is 18.5. The van der Waals surface area contributed by atoms with E-state index in [0.29, 0.717) is 6.42 Å². The predicted molar refractivity (Wildman–Crippen MR) is 105 cm³/mol. The van der Waals surface area contributed by atoms with E-state index in [1.807, 2.05) is 6.92 Å². The number of carbonyl (C=O) groups excluding carboxylic acids is 3. The second-order valence-electron chi connectivity index (χ2n) is 7.65. The first-order chi connectivity index (χ1) is 14.7. The number of amides is 3. The van der Waals surface area contributed by atoms with E-state index in [0.717, 1.165) is 18.6 Å². The van der Waals surface area contributed by atoms with E-state index in [9.17, 15) is 27.6 Å². The number of benzene rings is 1. The summed E-state index contributed by atoms with van der Waals surface area (Å²) < 4.78 is 40.4. The van der Waals surface area contributed by atoms with Crippen LogP contribution in [0, 0.1) is 23.4 Å². The van der Waals surface area contributed by atoms with Gasteiger partial charge in [0.05, 0.1) is 17.4 Å². The molecule has 1 aliphatic heterocycles. The SMILES string of the molecule is C[C@H]1CC[C@H](Cc2cc(F)c(F)c(F)c2)N(C(=O)C(=O)Nc2cncc(C(N)=O)c2)C1. The quantitative estimate of drug-likeness (QED) is 0.569. The third-order valence-electron chi connectivity index (χ3n) is 5.19. The zero-order chi connectivity index (χ0) is 22.7. The maximum Gasteiger partial charge on any atom is 0.313 e. The summed E-state index contributed by atoms with van der Waals surface area (Å²) in [5, 5.41) is 2.39. The lowest BCUT2D eigenvalue weighted by Gasteiger charge is -2.38. The van der Waals surface area contributed by atoms with Gasteiger partial charge in [0.2, 0.25) is 5.91 Å². The summed E-state index contributed by atoms with van der Waals surface area (Å²) in [5.41, 5.74) is 5.56. The number of hydrogen-bond acceptors (Lipinski definition) is 4. The molecule has 0 spiro atoms. The van der Waals surface area contributed by atoms with Crippen molar-refractivity contribution >= 4 is 23.4 Å². The molecule has 31 heavy (non-hydrogen) atoms. The molecule has 1 saturated heterocycles. The molecule has 0 unspecified atom stereocenters. The van der Waals surface area contributed by atoms with Crippen LogP contribution in [-0.2, 0) is 16.0 Å². The maximum absolute atomic E-state index is 13.6. The molecule has 10 heteroatoms. The van der Waals surface area contributed by atoms with Crippen LogP contribution in [-0.4, -0.2) is 40.2 Å². The van der Waals surface area contributed by atoms with Crippen LogP contribution in [0.3, 0.4) is 0 Å². The number of likely N-dealkylation sites (tertiary alicyclic amines) is 1. The number of nitrogens with zero attached hydrogens (tertiary/aromatic N) is 2. The number of nitrogens with one attached hydrogen (secondary N) is 1. The number of halogens is 3. The van der Waals surface area contributed by atoms with Crippen molar-refractivity contribution < 1.29 is 27.6 Å². The molecule has 2 atom stereocenters. The minimum absolute atomic E-state index is 0.0649. The van der Waals surface area contributed by atoms with Crippen molar-refractivity contribution in [3.63, 3.8) is 0 Å². The van der Waals surface area contributed by atoms with Crippen LogP contribution in [0.4, 0.5) is 18.9 Å². The number of carbonyl (C=O) groups is 3. The number of hydrogen-bond donors (Lipinski definition) is 2. The van der Waals surface area contributed by atoms with Gasteiger partial charge in [-0.3, -0.25) is 19.4 Å². The van der Waals surface area contributed by atoms with Gasteiger partial charge >= 0.3 is 11.8 Å². The Hall–Kier alpha value is -3.43. The molecule has 7 nitrogen and oxygen atoms in total. The molecule has 0 aliphatic carbocycles. The molecule has 164 valence electrons. The third-order valence-corrected chi connectivity index (χ3v) is 5.19. The van der Waals surface area contributed by atoms with Crippen molar-refractivity contribution in [1.29, 1.82) is 0 Å². The first-order valence-corrected chi connectivity index (χ1v) is 9.66. The summed E-state index contributed by atoms with van der Waals surface area (Å²) in [7, 11) is 0. The Balaban J connectivity index is 1.77. The van der Waals surface area contributed by atoms with Gasteiger partial charge in [-0.25, -0.2) is 13.2 Å². The fourth-order valence-corrected chi connectivity index (χ4v) is 3.63. The Labute approximate surface area is 176 Å². The number of anilines is 1. The van der Waals surface area contributed by atoms with Crippen LogP contribution in [0.15, 0.2) is 30.6 Å². The first-order valence-electron chi connectivity index (χ1n) is 9.66. The molecule has 1 aliphatic rings. The second kappa shape index (κ2) is 9.15. The van der Waals surface area contributed by atoms with Crippen molar-refractivity contribution in [3.05, 3.63) is 59.2 Å². The predicted octanol–water partition coefficient (Wildman–Crippen LogP) is 2.41. The van der Waals surface area contributed by atoms with Gasteiger partial charge in [-0.15, -0.1) is 0 Å². The Morgan fingerprint density at radius 3 is 2.45 bits per heavy atom. The van der Waals surface area contributed by atoms with Crippen molar-refractivity contribution in [2.75, 3.05) is 11.9 Å².